The lowest BCUT2D eigenvalue weighted by molar-refractivity contribution is -0.137. The van der Waals surface area contributed by atoms with Gasteiger partial charge in [-0.3, -0.25) is 9.59 Å². The molecule has 0 heterocycles. The highest BCUT2D eigenvalue weighted by atomic mass is 16.4. The number of hydrogen-bond acceptors (Lipinski definition) is 3. The number of rotatable bonds is 4. The Labute approximate surface area is 117 Å². The Morgan fingerprint density at radius 3 is 2.25 bits per heavy atom. The van der Waals surface area contributed by atoms with Gasteiger partial charge in [-0.15, -0.1) is 0 Å². The molecule has 0 saturated heterocycles. The molecule has 1 aromatic rings. The Bertz CT molecular complexity index is 503. The summed E-state index contributed by atoms with van der Waals surface area (Å²) < 4.78 is 0. The number of nitrogens with zero attached hydrogens (tertiary/aromatic N) is 1. The average molecular weight is 277 g/mol. The minimum atomic E-state index is -1.05. The molecule has 0 atom stereocenters. The normalized spacial score (nSPS) is 16.9. The van der Waals surface area contributed by atoms with Crippen LogP contribution in [0.4, 0.5) is 5.69 Å². The largest absolute Gasteiger partial charge is 0.508 e. The van der Waals surface area contributed by atoms with Crippen LogP contribution in [-0.2, 0) is 9.59 Å². The Hall–Kier alpha value is -2.04. The minimum absolute atomic E-state index is 0.0866. The number of hydrogen-bond donors (Lipinski definition) is 2. The molecule has 1 saturated carbocycles. The highest BCUT2D eigenvalue weighted by Gasteiger charge is 2.40. The van der Waals surface area contributed by atoms with Crippen molar-refractivity contribution in [2.24, 2.45) is 5.41 Å². The topological polar surface area (TPSA) is 77.8 Å². The summed E-state index contributed by atoms with van der Waals surface area (Å²) in [6, 6.07) is 6.03. The molecule has 2 rings (SSSR count). The number of carboxylic acids is 1. The van der Waals surface area contributed by atoms with Crippen molar-refractivity contribution >= 4 is 17.6 Å². The van der Waals surface area contributed by atoms with Crippen molar-refractivity contribution in [1.82, 2.24) is 0 Å². The van der Waals surface area contributed by atoms with E-state index in [9.17, 15) is 14.7 Å². The zero-order chi connectivity index (χ0) is 14.8. The van der Waals surface area contributed by atoms with Gasteiger partial charge in [-0.2, -0.15) is 0 Å². The number of phenolic OH excluding ortho intramolecular Hbond substituents is 1. The van der Waals surface area contributed by atoms with Crippen LogP contribution in [0.25, 0.3) is 0 Å². The molecule has 1 aromatic carbocycles. The second kappa shape index (κ2) is 5.53. The van der Waals surface area contributed by atoms with Crippen LogP contribution >= 0.6 is 0 Å². The first kappa shape index (κ1) is 14.4. The van der Waals surface area contributed by atoms with Crippen LogP contribution in [0.2, 0.25) is 0 Å². The van der Waals surface area contributed by atoms with Crippen LogP contribution in [0.1, 0.15) is 32.6 Å². The highest BCUT2D eigenvalue weighted by molar-refractivity contribution is 6.00. The summed E-state index contributed by atoms with van der Waals surface area (Å²) in [5.74, 6) is -1.11. The van der Waals surface area contributed by atoms with Gasteiger partial charge in [0.1, 0.15) is 12.3 Å². The molecule has 1 fully saturated rings. The summed E-state index contributed by atoms with van der Waals surface area (Å²) >= 11 is 0. The van der Waals surface area contributed by atoms with Crippen molar-refractivity contribution in [3.63, 3.8) is 0 Å². The molecular formula is C15H19NO4. The molecule has 0 unspecified atom stereocenters. The van der Waals surface area contributed by atoms with E-state index in [1.165, 1.54) is 17.0 Å². The van der Waals surface area contributed by atoms with Gasteiger partial charge in [0.2, 0.25) is 5.91 Å². The fraction of sp³-hybridized carbons (Fsp3) is 0.467. The van der Waals surface area contributed by atoms with Crippen LogP contribution in [0, 0.1) is 5.41 Å². The Balaban J connectivity index is 2.29. The van der Waals surface area contributed by atoms with Gasteiger partial charge in [0.05, 0.1) is 0 Å². The van der Waals surface area contributed by atoms with E-state index in [4.69, 9.17) is 5.11 Å². The van der Waals surface area contributed by atoms with E-state index in [1.54, 1.807) is 12.1 Å². The Morgan fingerprint density at radius 1 is 1.20 bits per heavy atom. The lowest BCUT2D eigenvalue weighted by atomic mass is 9.87. The molecule has 1 amide bonds. The molecular weight excluding hydrogens is 258 g/mol. The van der Waals surface area contributed by atoms with E-state index >= 15 is 0 Å². The van der Waals surface area contributed by atoms with Gasteiger partial charge in [0, 0.05) is 11.1 Å². The molecule has 0 bridgehead atoms. The first-order chi connectivity index (χ1) is 9.42. The summed E-state index contributed by atoms with van der Waals surface area (Å²) in [4.78, 5) is 25.0. The molecule has 5 heteroatoms. The van der Waals surface area contributed by atoms with Gasteiger partial charge in [-0.1, -0.05) is 19.8 Å². The summed E-state index contributed by atoms with van der Waals surface area (Å²) in [6.45, 7) is 1.54. The van der Waals surface area contributed by atoms with Crippen molar-refractivity contribution in [1.29, 1.82) is 0 Å². The molecule has 5 nitrogen and oxygen atoms in total. The molecule has 2 N–H and O–H groups in total. The van der Waals surface area contributed by atoms with Crippen LogP contribution in [0.3, 0.4) is 0 Å². The second-order valence-corrected chi connectivity index (χ2v) is 5.57. The lowest BCUT2D eigenvalue weighted by Crippen LogP contribution is -2.44. The summed E-state index contributed by atoms with van der Waals surface area (Å²) in [5, 5.41) is 18.3. The molecule has 20 heavy (non-hydrogen) atoms. The van der Waals surface area contributed by atoms with Gasteiger partial charge < -0.3 is 15.1 Å². The van der Waals surface area contributed by atoms with Gasteiger partial charge >= 0.3 is 5.97 Å². The number of carbonyl (C=O) groups excluding carboxylic acids is 1. The number of anilines is 1. The number of carboxylic acid groups (broad SMARTS) is 1. The standard InChI is InChI=1S/C15H19NO4/c1-15(8-2-3-9-15)14(20)16(10-13(18)19)11-4-6-12(17)7-5-11/h4-7,17H,2-3,8-10H2,1H3,(H,18,19). The summed E-state index contributed by atoms with van der Waals surface area (Å²) in [6.07, 6.45) is 3.58. The molecule has 1 aliphatic carbocycles. The van der Waals surface area contributed by atoms with Gasteiger partial charge in [-0.05, 0) is 37.1 Å². The van der Waals surface area contributed by atoms with E-state index in [1.807, 2.05) is 6.92 Å². The smallest absolute Gasteiger partial charge is 0.323 e. The Morgan fingerprint density at radius 2 is 1.75 bits per heavy atom. The van der Waals surface area contributed by atoms with Crippen molar-refractivity contribution < 1.29 is 19.8 Å². The van der Waals surface area contributed by atoms with Crippen molar-refractivity contribution in [3.8, 4) is 5.75 Å². The third kappa shape index (κ3) is 2.92. The lowest BCUT2D eigenvalue weighted by Gasteiger charge is -2.30. The molecule has 0 aliphatic heterocycles. The molecule has 1 aliphatic rings. The first-order valence-corrected chi connectivity index (χ1v) is 6.75. The van der Waals surface area contributed by atoms with Crippen LogP contribution in [0.15, 0.2) is 24.3 Å². The van der Waals surface area contributed by atoms with Crippen molar-refractivity contribution in [3.05, 3.63) is 24.3 Å². The number of aliphatic carboxylic acids is 1. The number of benzene rings is 1. The first-order valence-electron chi connectivity index (χ1n) is 6.75. The van der Waals surface area contributed by atoms with E-state index in [-0.39, 0.29) is 18.2 Å². The predicted octanol–water partition coefficient (Wildman–Crippen LogP) is 2.39. The number of aromatic hydroxyl groups is 1. The molecule has 108 valence electrons. The summed E-state index contributed by atoms with van der Waals surface area (Å²) in [5.41, 5.74) is 0.0242. The van der Waals surface area contributed by atoms with Gasteiger partial charge in [0.25, 0.3) is 0 Å². The van der Waals surface area contributed by atoms with Crippen molar-refractivity contribution in [2.75, 3.05) is 11.4 Å². The van der Waals surface area contributed by atoms with Crippen LogP contribution in [0.5, 0.6) is 5.75 Å². The fourth-order valence-electron chi connectivity index (χ4n) is 2.74. The predicted molar refractivity (Wildman–Crippen MR) is 74.7 cm³/mol. The SMILES string of the molecule is CC1(C(=O)N(CC(=O)O)c2ccc(O)cc2)CCCC1. The monoisotopic (exact) mass is 277 g/mol. The van der Waals surface area contributed by atoms with Gasteiger partial charge in [0.15, 0.2) is 0 Å². The summed E-state index contributed by atoms with van der Waals surface area (Å²) in [7, 11) is 0. The fourth-order valence-corrected chi connectivity index (χ4v) is 2.74. The van der Waals surface area contributed by atoms with Crippen LogP contribution in [-0.4, -0.2) is 28.6 Å². The van der Waals surface area contributed by atoms with E-state index < -0.39 is 11.4 Å². The minimum Gasteiger partial charge on any atom is -0.508 e. The van der Waals surface area contributed by atoms with Gasteiger partial charge in [-0.25, -0.2) is 0 Å². The number of amides is 1. The maximum absolute atomic E-state index is 12.7. The second-order valence-electron chi connectivity index (χ2n) is 5.57. The van der Waals surface area contributed by atoms with E-state index in [0.717, 1.165) is 25.7 Å². The molecule has 0 aromatic heterocycles. The third-order valence-electron chi connectivity index (χ3n) is 3.92. The third-order valence-corrected chi connectivity index (χ3v) is 3.92. The Kier molecular flexibility index (Phi) is 3.97. The van der Waals surface area contributed by atoms with Crippen molar-refractivity contribution in [2.45, 2.75) is 32.6 Å². The van der Waals surface area contributed by atoms with E-state index in [0.29, 0.717) is 5.69 Å². The van der Waals surface area contributed by atoms with E-state index in [2.05, 4.69) is 0 Å². The zero-order valence-corrected chi connectivity index (χ0v) is 11.5. The maximum atomic E-state index is 12.7. The molecule has 0 radical (unpaired) electrons. The highest BCUT2D eigenvalue weighted by Crippen LogP contribution is 2.40. The average Bonchev–Trinajstić information content (AvgIpc) is 2.84. The molecule has 0 spiro atoms. The zero-order valence-electron chi connectivity index (χ0n) is 11.5. The maximum Gasteiger partial charge on any atom is 0.323 e. The number of carbonyl (C=O) groups is 2. The number of phenols is 1. The quantitative estimate of drug-likeness (QED) is 0.885. The van der Waals surface area contributed by atoms with Crippen LogP contribution < -0.4 is 4.90 Å².